The normalized spacial score (nSPS) is 15.4. The van der Waals surface area contributed by atoms with E-state index < -0.39 is 5.97 Å². The molecule has 184 valence electrons. The lowest BCUT2D eigenvalue weighted by Gasteiger charge is -2.23. The summed E-state index contributed by atoms with van der Waals surface area (Å²) in [6.45, 7) is 0.786. The van der Waals surface area contributed by atoms with Gasteiger partial charge in [-0.05, 0) is 78.3 Å². The van der Waals surface area contributed by atoms with Crippen molar-refractivity contribution in [2.75, 3.05) is 0 Å². The van der Waals surface area contributed by atoms with Gasteiger partial charge in [-0.15, -0.1) is 0 Å². The maximum absolute atomic E-state index is 11.3. The summed E-state index contributed by atoms with van der Waals surface area (Å²) in [5, 5.41) is 12.3. The van der Waals surface area contributed by atoms with Gasteiger partial charge in [0.2, 0.25) is 0 Å². The third kappa shape index (κ3) is 4.90. The average Bonchev–Trinajstić information content (AvgIpc) is 3.20. The van der Waals surface area contributed by atoms with Gasteiger partial charge >= 0.3 is 5.97 Å². The zero-order chi connectivity index (χ0) is 25.4. The first-order valence-corrected chi connectivity index (χ1v) is 13.1. The number of halogens is 1. The largest absolute Gasteiger partial charge is 0.481 e. The van der Waals surface area contributed by atoms with Gasteiger partial charge in [0.25, 0.3) is 0 Å². The molecule has 1 aliphatic carbocycles. The van der Waals surface area contributed by atoms with Crippen molar-refractivity contribution < 1.29 is 9.90 Å². The molecule has 37 heavy (non-hydrogen) atoms. The van der Waals surface area contributed by atoms with Crippen LogP contribution in [0.15, 0.2) is 78.9 Å². The molecule has 3 aromatic carbocycles. The molecule has 0 saturated heterocycles. The molecule has 0 saturated carbocycles. The number of carboxylic acid groups (broad SMARTS) is 1. The first-order chi connectivity index (χ1) is 18.0. The molecule has 0 radical (unpaired) electrons. The van der Waals surface area contributed by atoms with Crippen LogP contribution in [-0.4, -0.2) is 20.6 Å². The predicted molar refractivity (Wildman–Crippen MR) is 151 cm³/mol. The van der Waals surface area contributed by atoms with Gasteiger partial charge < -0.3 is 9.67 Å². The number of carbonyl (C=O) groups is 1. The Labute approximate surface area is 220 Å². The first-order valence-electron chi connectivity index (χ1n) is 12.7. The first kappa shape index (κ1) is 23.5. The number of rotatable bonds is 6. The molecule has 1 aliphatic rings. The Balaban J connectivity index is 1.28. The second kappa shape index (κ2) is 9.87. The third-order valence-corrected chi connectivity index (χ3v) is 7.59. The van der Waals surface area contributed by atoms with Crippen molar-refractivity contribution in [2.24, 2.45) is 5.92 Å². The van der Waals surface area contributed by atoms with Gasteiger partial charge in [-0.1, -0.05) is 66.2 Å². The zero-order valence-electron chi connectivity index (χ0n) is 20.4. The van der Waals surface area contributed by atoms with Crippen LogP contribution in [0.1, 0.15) is 40.9 Å². The molecule has 1 N–H and O–H groups in total. The minimum atomic E-state index is -0.704. The number of pyridine rings is 1. The average molecular weight is 507 g/mol. The van der Waals surface area contributed by atoms with Crippen LogP contribution in [0.4, 0.5) is 0 Å². The molecule has 4 nitrogen and oxygen atoms in total. The van der Waals surface area contributed by atoms with Crippen molar-refractivity contribution in [1.29, 1.82) is 0 Å². The van der Waals surface area contributed by atoms with Crippen molar-refractivity contribution in [3.05, 3.63) is 112 Å². The van der Waals surface area contributed by atoms with Crippen molar-refractivity contribution >= 4 is 51.5 Å². The molecule has 5 heteroatoms. The third-order valence-electron chi connectivity index (χ3n) is 7.35. The Kier molecular flexibility index (Phi) is 6.27. The van der Waals surface area contributed by atoms with Crippen molar-refractivity contribution in [3.8, 4) is 0 Å². The van der Waals surface area contributed by atoms with Crippen molar-refractivity contribution in [3.63, 3.8) is 0 Å². The fourth-order valence-electron chi connectivity index (χ4n) is 5.63. The minimum absolute atomic E-state index is 0.206. The van der Waals surface area contributed by atoms with E-state index in [2.05, 4.69) is 65.2 Å². The summed E-state index contributed by atoms with van der Waals surface area (Å²) in [5.74, 6) is -0.498. The van der Waals surface area contributed by atoms with Crippen LogP contribution in [0.5, 0.6) is 0 Å². The van der Waals surface area contributed by atoms with E-state index in [1.54, 1.807) is 0 Å². The summed E-state index contributed by atoms with van der Waals surface area (Å²) in [5.41, 5.74) is 8.03. The van der Waals surface area contributed by atoms with Gasteiger partial charge in [-0.2, -0.15) is 0 Å². The number of hydrogen-bond acceptors (Lipinski definition) is 2. The molecule has 1 unspecified atom stereocenters. The molecular formula is C32H27ClN2O2. The maximum Gasteiger partial charge on any atom is 0.303 e. The van der Waals surface area contributed by atoms with Gasteiger partial charge in [0.1, 0.15) is 0 Å². The van der Waals surface area contributed by atoms with Gasteiger partial charge in [0, 0.05) is 40.0 Å². The van der Waals surface area contributed by atoms with Crippen LogP contribution in [0.25, 0.3) is 34.0 Å². The van der Waals surface area contributed by atoms with Gasteiger partial charge in [0.15, 0.2) is 0 Å². The van der Waals surface area contributed by atoms with E-state index in [-0.39, 0.29) is 12.3 Å². The fraction of sp³-hybridized carbons (Fsp3) is 0.188. The van der Waals surface area contributed by atoms with E-state index in [0.29, 0.717) is 5.02 Å². The number of fused-ring (bicyclic) bond motifs is 4. The number of benzene rings is 3. The summed E-state index contributed by atoms with van der Waals surface area (Å²) < 4.78 is 2.43. The highest BCUT2D eigenvalue weighted by molar-refractivity contribution is 6.31. The van der Waals surface area contributed by atoms with Crippen LogP contribution in [0.2, 0.25) is 5.02 Å². The molecule has 0 fully saturated rings. The lowest BCUT2D eigenvalue weighted by Crippen LogP contribution is -2.19. The summed E-state index contributed by atoms with van der Waals surface area (Å²) in [4.78, 5) is 16.0. The highest BCUT2D eigenvalue weighted by Crippen LogP contribution is 2.36. The molecule has 6 rings (SSSR count). The number of carboxylic acids is 1. The topological polar surface area (TPSA) is 55.1 Å². The molecular weight excluding hydrogens is 480 g/mol. The Hall–Kier alpha value is -3.89. The van der Waals surface area contributed by atoms with Crippen molar-refractivity contribution in [1.82, 2.24) is 9.55 Å². The zero-order valence-corrected chi connectivity index (χ0v) is 21.2. The van der Waals surface area contributed by atoms with E-state index >= 15 is 0 Å². The minimum Gasteiger partial charge on any atom is -0.481 e. The smallest absolute Gasteiger partial charge is 0.303 e. The quantitative estimate of drug-likeness (QED) is 0.257. The van der Waals surface area contributed by atoms with Crippen LogP contribution >= 0.6 is 11.6 Å². The highest BCUT2D eigenvalue weighted by atomic mass is 35.5. The lowest BCUT2D eigenvalue weighted by atomic mass is 9.84. The molecule has 0 bridgehead atoms. The number of nitrogens with zero attached hydrogens (tertiary/aromatic N) is 2. The molecule has 0 spiro atoms. The molecule has 0 amide bonds. The van der Waals surface area contributed by atoms with Gasteiger partial charge in [0.05, 0.1) is 11.2 Å². The predicted octanol–water partition coefficient (Wildman–Crippen LogP) is 7.64. The highest BCUT2D eigenvalue weighted by Gasteiger charge is 2.26. The van der Waals surface area contributed by atoms with E-state index in [1.807, 2.05) is 30.3 Å². The number of aromatic nitrogens is 2. The maximum atomic E-state index is 11.3. The number of aliphatic carboxylic acids is 1. The van der Waals surface area contributed by atoms with Crippen molar-refractivity contribution in [2.45, 2.75) is 32.2 Å². The van der Waals surface area contributed by atoms with Crippen LogP contribution < -0.4 is 0 Å². The SMILES string of the molecule is O=C(O)CC1CCc2c(c3ccccc3n2Cc2cccc(/C=C/c3ccc4ccc(Cl)cc4n3)c2)C1. The number of hydrogen-bond donors (Lipinski definition) is 1. The fourth-order valence-corrected chi connectivity index (χ4v) is 5.80. The molecule has 5 aromatic rings. The van der Waals surface area contributed by atoms with E-state index in [0.717, 1.165) is 48.0 Å². The van der Waals surface area contributed by atoms with E-state index in [9.17, 15) is 9.90 Å². The Morgan fingerprint density at radius 1 is 1.03 bits per heavy atom. The number of para-hydroxylation sites is 1. The van der Waals surface area contributed by atoms with Gasteiger partial charge in [-0.25, -0.2) is 4.98 Å². The lowest BCUT2D eigenvalue weighted by molar-refractivity contribution is -0.138. The van der Waals surface area contributed by atoms with Gasteiger partial charge in [-0.3, -0.25) is 4.79 Å². The van der Waals surface area contributed by atoms with Crippen LogP contribution in [0, 0.1) is 5.92 Å². The van der Waals surface area contributed by atoms with E-state index in [4.69, 9.17) is 16.6 Å². The standard InChI is InChI=1S/C32H27ClN2O2/c33-25-12-10-24-11-14-26(34-29(24)19-25)13-8-21-4-3-5-23(16-21)20-35-30-7-2-1-6-27(30)28-17-22(18-32(36)37)9-15-31(28)35/h1-8,10-14,16,19,22H,9,15,17-18,20H2,(H,36,37)/b13-8+. The van der Waals surface area contributed by atoms with Crippen LogP contribution in [-0.2, 0) is 24.2 Å². The Morgan fingerprint density at radius 2 is 1.89 bits per heavy atom. The van der Waals surface area contributed by atoms with Crippen LogP contribution in [0.3, 0.4) is 0 Å². The summed E-state index contributed by atoms with van der Waals surface area (Å²) in [6.07, 6.45) is 7.05. The molecule has 0 aliphatic heterocycles. The Morgan fingerprint density at radius 3 is 2.78 bits per heavy atom. The summed E-state index contributed by atoms with van der Waals surface area (Å²) >= 11 is 6.14. The summed E-state index contributed by atoms with van der Waals surface area (Å²) in [6, 6.07) is 27.0. The molecule has 2 aromatic heterocycles. The Bertz CT molecular complexity index is 1670. The molecule has 1 atom stereocenters. The second-order valence-corrected chi connectivity index (χ2v) is 10.3. The summed E-state index contributed by atoms with van der Waals surface area (Å²) in [7, 11) is 0. The van der Waals surface area contributed by atoms with E-state index in [1.165, 1.54) is 27.7 Å². The second-order valence-electron chi connectivity index (χ2n) is 9.89. The molecule has 2 heterocycles. The monoisotopic (exact) mass is 506 g/mol.